The number of aliphatic hydroxyl groups excluding tert-OH is 1. The molecule has 0 radical (unpaired) electrons. The number of aromatic nitrogens is 2. The van der Waals surface area contributed by atoms with Crippen LogP contribution < -0.4 is 10.2 Å². The minimum atomic E-state index is -0.0204. The van der Waals surface area contributed by atoms with E-state index in [0.717, 1.165) is 74.5 Å². The van der Waals surface area contributed by atoms with Gasteiger partial charge in [-0.25, -0.2) is 4.68 Å². The molecular formula is C26H34N4O2. The largest absolute Gasteiger partial charge is 0.396 e. The van der Waals surface area contributed by atoms with Gasteiger partial charge in [0, 0.05) is 25.2 Å². The van der Waals surface area contributed by atoms with Gasteiger partial charge < -0.3 is 15.3 Å². The lowest BCUT2D eigenvalue weighted by atomic mass is 9.53. The Bertz CT molecular complexity index is 950. The smallest absolute Gasteiger partial charge is 0.257 e. The average molecular weight is 435 g/mol. The van der Waals surface area contributed by atoms with Crippen molar-refractivity contribution in [2.75, 3.05) is 24.6 Å². The van der Waals surface area contributed by atoms with Gasteiger partial charge in [-0.15, -0.1) is 0 Å². The normalized spacial score (nSPS) is 33.5. The molecule has 1 amide bonds. The number of benzene rings is 1. The molecule has 2 N–H and O–H groups in total. The lowest BCUT2D eigenvalue weighted by Gasteiger charge is -2.56. The van der Waals surface area contributed by atoms with Crippen LogP contribution in [0.15, 0.2) is 36.5 Å². The quantitative estimate of drug-likeness (QED) is 0.751. The van der Waals surface area contributed by atoms with E-state index < -0.39 is 0 Å². The second kappa shape index (κ2) is 7.91. The molecule has 2 aromatic rings. The minimum absolute atomic E-state index is 0.0204. The number of carbonyl (C=O) groups excluding carboxylic acids is 1. The Morgan fingerprint density at radius 3 is 2.44 bits per heavy atom. The standard InChI is InChI=1S/C26H34N4O2/c31-17-18-5-4-8-29(16-18)25-23(15-27-30(25)22-6-2-1-3-7-22)24(32)28-26-12-19-9-20(13-26)11-21(10-19)14-26/h1-3,6-7,15,18-21,31H,4-5,8-14,16-17H2,(H,28,32). The van der Waals surface area contributed by atoms with Gasteiger partial charge in [-0.2, -0.15) is 5.10 Å². The Hall–Kier alpha value is -2.34. The van der Waals surface area contributed by atoms with Crippen molar-refractivity contribution < 1.29 is 9.90 Å². The molecule has 2 heterocycles. The summed E-state index contributed by atoms with van der Waals surface area (Å²) in [5.74, 6) is 3.51. The SMILES string of the molecule is O=C(NC12CC3CC(CC(C3)C1)C2)c1cnn(-c2ccccc2)c1N1CCCC(CO)C1. The Morgan fingerprint density at radius 2 is 1.78 bits per heavy atom. The number of anilines is 1. The fraction of sp³-hybridized carbons (Fsp3) is 0.615. The molecule has 1 saturated heterocycles. The van der Waals surface area contributed by atoms with E-state index in [1.807, 2.05) is 35.0 Å². The third-order valence-electron chi connectivity index (χ3n) is 8.48. The fourth-order valence-electron chi connectivity index (χ4n) is 7.54. The third-order valence-corrected chi connectivity index (χ3v) is 8.48. The van der Waals surface area contributed by atoms with Crippen molar-refractivity contribution >= 4 is 11.7 Å². The van der Waals surface area contributed by atoms with Crippen molar-refractivity contribution in [1.29, 1.82) is 0 Å². The summed E-state index contributed by atoms with van der Waals surface area (Å²) < 4.78 is 1.91. The zero-order chi connectivity index (χ0) is 21.7. The first-order valence-corrected chi connectivity index (χ1v) is 12.4. The minimum Gasteiger partial charge on any atom is -0.396 e. The number of hydrogen-bond donors (Lipinski definition) is 2. The molecule has 5 fully saturated rings. The van der Waals surface area contributed by atoms with Gasteiger partial charge in [-0.1, -0.05) is 18.2 Å². The van der Waals surface area contributed by atoms with Crippen LogP contribution in [0, 0.1) is 23.7 Å². The van der Waals surface area contributed by atoms with Crippen molar-refractivity contribution in [3.05, 3.63) is 42.1 Å². The van der Waals surface area contributed by atoms with Gasteiger partial charge in [0.2, 0.25) is 0 Å². The predicted molar refractivity (Wildman–Crippen MR) is 124 cm³/mol. The van der Waals surface area contributed by atoms with Crippen LogP contribution in [-0.2, 0) is 0 Å². The second-order valence-electron chi connectivity index (χ2n) is 10.9. The molecule has 1 aromatic carbocycles. The Kier molecular flexibility index (Phi) is 5.01. The zero-order valence-corrected chi connectivity index (χ0v) is 18.7. The number of amides is 1. The van der Waals surface area contributed by atoms with Gasteiger partial charge in [0.05, 0.1) is 11.9 Å². The molecule has 0 spiro atoms. The molecular weight excluding hydrogens is 400 g/mol. The highest BCUT2D eigenvalue weighted by Crippen LogP contribution is 2.55. The lowest BCUT2D eigenvalue weighted by Crippen LogP contribution is -2.59. The van der Waals surface area contributed by atoms with Crippen LogP contribution in [0.25, 0.3) is 5.69 Å². The highest BCUT2D eigenvalue weighted by Gasteiger charge is 2.51. The third kappa shape index (κ3) is 3.53. The highest BCUT2D eigenvalue weighted by atomic mass is 16.3. The van der Waals surface area contributed by atoms with E-state index in [1.165, 1.54) is 19.3 Å². The molecule has 4 saturated carbocycles. The summed E-state index contributed by atoms with van der Waals surface area (Å²) in [4.78, 5) is 16.0. The molecule has 6 heteroatoms. The average Bonchev–Trinajstić information content (AvgIpc) is 3.24. The van der Waals surface area contributed by atoms with Crippen molar-refractivity contribution in [3.63, 3.8) is 0 Å². The number of aliphatic hydroxyl groups is 1. The summed E-state index contributed by atoms with van der Waals surface area (Å²) >= 11 is 0. The molecule has 1 aromatic heterocycles. The van der Waals surface area contributed by atoms with Crippen molar-refractivity contribution in [2.24, 2.45) is 23.7 Å². The molecule has 32 heavy (non-hydrogen) atoms. The number of nitrogens with one attached hydrogen (secondary N) is 1. The molecule has 6 nitrogen and oxygen atoms in total. The van der Waals surface area contributed by atoms with Crippen LogP contribution in [0.5, 0.6) is 0 Å². The highest BCUT2D eigenvalue weighted by molar-refractivity contribution is 5.99. The summed E-state index contributed by atoms with van der Waals surface area (Å²) in [6.45, 7) is 1.82. The topological polar surface area (TPSA) is 70.4 Å². The van der Waals surface area contributed by atoms with Gasteiger partial charge >= 0.3 is 0 Å². The van der Waals surface area contributed by atoms with Crippen LogP contribution >= 0.6 is 0 Å². The maximum absolute atomic E-state index is 13.7. The summed E-state index contributed by atoms with van der Waals surface area (Å²) in [6.07, 6.45) is 11.3. The Morgan fingerprint density at radius 1 is 1.09 bits per heavy atom. The van der Waals surface area contributed by atoms with E-state index in [2.05, 4.69) is 15.3 Å². The summed E-state index contributed by atoms with van der Waals surface area (Å²) in [7, 11) is 0. The monoisotopic (exact) mass is 434 g/mol. The number of hydrogen-bond acceptors (Lipinski definition) is 4. The number of carbonyl (C=O) groups is 1. The molecule has 170 valence electrons. The maximum Gasteiger partial charge on any atom is 0.257 e. The number of para-hydroxylation sites is 1. The Labute approximate surface area is 190 Å². The summed E-state index contributed by atoms with van der Waals surface area (Å²) in [5.41, 5.74) is 1.61. The first kappa shape index (κ1) is 20.3. The van der Waals surface area contributed by atoms with Gasteiger partial charge in [-0.05, 0) is 87.2 Å². The fourth-order valence-corrected chi connectivity index (χ4v) is 7.54. The van der Waals surface area contributed by atoms with Crippen LogP contribution in [0.4, 0.5) is 5.82 Å². The molecule has 4 bridgehead atoms. The summed E-state index contributed by atoms with van der Waals surface area (Å²) in [6, 6.07) is 10.1. The van der Waals surface area contributed by atoms with E-state index in [1.54, 1.807) is 6.20 Å². The lowest BCUT2D eigenvalue weighted by molar-refractivity contribution is -0.0166. The van der Waals surface area contributed by atoms with E-state index in [-0.39, 0.29) is 24.0 Å². The molecule has 4 aliphatic carbocycles. The maximum atomic E-state index is 13.7. The van der Waals surface area contributed by atoms with Crippen molar-refractivity contribution in [2.45, 2.75) is 56.9 Å². The van der Waals surface area contributed by atoms with Crippen LogP contribution in [0.3, 0.4) is 0 Å². The van der Waals surface area contributed by atoms with Crippen LogP contribution in [0.2, 0.25) is 0 Å². The molecule has 7 rings (SSSR count). The van der Waals surface area contributed by atoms with Gasteiger partial charge in [0.15, 0.2) is 0 Å². The van der Waals surface area contributed by atoms with Gasteiger partial charge in [0.25, 0.3) is 5.91 Å². The summed E-state index contributed by atoms with van der Waals surface area (Å²) in [5, 5.41) is 18.0. The van der Waals surface area contributed by atoms with Crippen LogP contribution in [0.1, 0.15) is 61.7 Å². The number of piperidine rings is 1. The first-order valence-electron chi connectivity index (χ1n) is 12.4. The molecule has 1 unspecified atom stereocenters. The van der Waals surface area contributed by atoms with E-state index in [0.29, 0.717) is 5.56 Å². The van der Waals surface area contributed by atoms with Gasteiger partial charge in [0.1, 0.15) is 11.4 Å². The van der Waals surface area contributed by atoms with Gasteiger partial charge in [-0.3, -0.25) is 4.79 Å². The predicted octanol–water partition coefficient (Wildman–Crippen LogP) is 3.78. The van der Waals surface area contributed by atoms with E-state index in [4.69, 9.17) is 0 Å². The first-order chi connectivity index (χ1) is 15.6. The van der Waals surface area contributed by atoms with Crippen molar-refractivity contribution in [1.82, 2.24) is 15.1 Å². The molecule has 1 aliphatic heterocycles. The zero-order valence-electron chi connectivity index (χ0n) is 18.7. The van der Waals surface area contributed by atoms with Crippen LogP contribution in [-0.4, -0.2) is 46.0 Å². The second-order valence-corrected chi connectivity index (χ2v) is 10.9. The van der Waals surface area contributed by atoms with E-state index >= 15 is 0 Å². The number of rotatable bonds is 5. The molecule has 1 atom stereocenters. The van der Waals surface area contributed by atoms with E-state index in [9.17, 15) is 9.90 Å². The number of nitrogens with zero attached hydrogens (tertiary/aromatic N) is 3. The Balaban J connectivity index is 1.33. The van der Waals surface area contributed by atoms with Crippen molar-refractivity contribution in [3.8, 4) is 5.69 Å². The molecule has 5 aliphatic rings.